The molecule has 0 saturated heterocycles. The first-order valence-electron chi connectivity index (χ1n) is 5.74. The molecule has 2 rings (SSSR count). The number of nitrogens with zero attached hydrogens (tertiary/aromatic N) is 1. The first-order chi connectivity index (χ1) is 9.37. The van der Waals surface area contributed by atoms with Gasteiger partial charge in [0, 0.05) is 5.69 Å². The molecule has 20 heavy (non-hydrogen) atoms. The van der Waals surface area contributed by atoms with Gasteiger partial charge in [0.2, 0.25) is 5.96 Å². The van der Waals surface area contributed by atoms with Crippen LogP contribution in [0.15, 0.2) is 27.7 Å². The zero-order chi connectivity index (χ0) is 14.8. The first kappa shape index (κ1) is 14.9. The Bertz CT molecular complexity index is 517. The summed E-state index contributed by atoms with van der Waals surface area (Å²) in [7, 11) is 0. The Morgan fingerprint density at radius 1 is 1.40 bits per heavy atom. The van der Waals surface area contributed by atoms with Gasteiger partial charge in [0.1, 0.15) is 5.75 Å². The molecule has 5 nitrogen and oxygen atoms in total. The number of halogens is 4. The molecule has 110 valence electrons. The van der Waals surface area contributed by atoms with Crippen LogP contribution in [0.2, 0.25) is 0 Å². The first-order valence-corrected chi connectivity index (χ1v) is 6.53. The standard InChI is InChI=1S/C11H12BrF3N4O/c12-8-5-7(3-4-9(8)20-11(13,14)15)18-10(19-16)17-6-1-2-6/h3-6H,1-2,16H2,(H2,17,18,19). The molecule has 0 radical (unpaired) electrons. The number of anilines is 1. The van der Waals surface area contributed by atoms with Gasteiger partial charge in [0.15, 0.2) is 0 Å². The highest BCUT2D eigenvalue weighted by molar-refractivity contribution is 9.10. The van der Waals surface area contributed by atoms with Crippen molar-refractivity contribution in [1.82, 2.24) is 5.43 Å². The van der Waals surface area contributed by atoms with E-state index in [9.17, 15) is 13.2 Å². The molecule has 0 bridgehead atoms. The van der Waals surface area contributed by atoms with Crippen LogP contribution in [0.1, 0.15) is 12.8 Å². The summed E-state index contributed by atoms with van der Waals surface area (Å²) >= 11 is 3.02. The number of hydrogen-bond donors (Lipinski definition) is 3. The predicted octanol–water partition coefficient (Wildman–Crippen LogP) is 2.74. The summed E-state index contributed by atoms with van der Waals surface area (Å²) in [6, 6.07) is 4.34. The molecule has 0 heterocycles. The van der Waals surface area contributed by atoms with Crippen molar-refractivity contribution in [2.24, 2.45) is 10.8 Å². The van der Waals surface area contributed by atoms with Gasteiger partial charge in [-0.1, -0.05) is 0 Å². The zero-order valence-corrected chi connectivity index (χ0v) is 11.8. The molecule has 0 unspecified atom stereocenters. The van der Waals surface area contributed by atoms with Crippen molar-refractivity contribution in [3.8, 4) is 5.75 Å². The normalized spacial score (nSPS) is 15.9. The molecule has 1 aromatic carbocycles. The van der Waals surface area contributed by atoms with Gasteiger partial charge in [-0.3, -0.25) is 5.43 Å². The molecule has 1 aliphatic rings. The second kappa shape index (κ2) is 5.88. The number of benzene rings is 1. The van der Waals surface area contributed by atoms with Crippen molar-refractivity contribution in [3.05, 3.63) is 22.7 Å². The number of nitrogens with two attached hydrogens (primary N) is 1. The van der Waals surface area contributed by atoms with Gasteiger partial charge in [0.25, 0.3) is 0 Å². The quantitative estimate of drug-likeness (QED) is 0.338. The zero-order valence-electron chi connectivity index (χ0n) is 10.2. The summed E-state index contributed by atoms with van der Waals surface area (Å²) in [5, 5.41) is 2.88. The van der Waals surface area contributed by atoms with Crippen molar-refractivity contribution in [2.45, 2.75) is 25.2 Å². The van der Waals surface area contributed by atoms with Crippen molar-refractivity contribution < 1.29 is 17.9 Å². The lowest BCUT2D eigenvalue weighted by Crippen LogP contribution is -2.36. The van der Waals surface area contributed by atoms with Crippen LogP contribution in [-0.4, -0.2) is 18.4 Å². The van der Waals surface area contributed by atoms with E-state index in [1.165, 1.54) is 18.2 Å². The van der Waals surface area contributed by atoms with Crippen LogP contribution in [-0.2, 0) is 0 Å². The average Bonchev–Trinajstić information content (AvgIpc) is 3.14. The van der Waals surface area contributed by atoms with Crippen LogP contribution in [0.25, 0.3) is 0 Å². The van der Waals surface area contributed by atoms with Gasteiger partial charge in [-0.15, -0.1) is 13.2 Å². The molecule has 1 aliphatic carbocycles. The van der Waals surface area contributed by atoms with E-state index in [4.69, 9.17) is 5.84 Å². The van der Waals surface area contributed by atoms with Crippen molar-refractivity contribution >= 4 is 27.6 Å². The Morgan fingerprint density at radius 3 is 2.60 bits per heavy atom. The van der Waals surface area contributed by atoms with Gasteiger partial charge in [-0.25, -0.2) is 10.8 Å². The van der Waals surface area contributed by atoms with Crippen molar-refractivity contribution in [1.29, 1.82) is 0 Å². The van der Waals surface area contributed by atoms with E-state index in [1.807, 2.05) is 0 Å². The molecule has 0 aliphatic heterocycles. The van der Waals surface area contributed by atoms with Crippen molar-refractivity contribution in [3.63, 3.8) is 0 Å². The van der Waals surface area contributed by atoms with Crippen LogP contribution < -0.4 is 21.3 Å². The van der Waals surface area contributed by atoms with Gasteiger partial charge >= 0.3 is 6.36 Å². The number of rotatable bonds is 3. The van der Waals surface area contributed by atoms with E-state index in [0.717, 1.165) is 12.8 Å². The fourth-order valence-corrected chi connectivity index (χ4v) is 1.87. The van der Waals surface area contributed by atoms with Gasteiger partial charge in [-0.05, 0) is 47.0 Å². The predicted molar refractivity (Wildman–Crippen MR) is 72.2 cm³/mol. The van der Waals surface area contributed by atoms with E-state index < -0.39 is 6.36 Å². The molecule has 0 spiro atoms. The number of aliphatic imine (C=N–C) groups is 1. The molecular weight excluding hydrogens is 341 g/mol. The Kier molecular flexibility index (Phi) is 4.39. The number of guanidine groups is 1. The maximum Gasteiger partial charge on any atom is 0.573 e. The number of hydrogen-bond acceptors (Lipinski definition) is 3. The highest BCUT2D eigenvalue weighted by Gasteiger charge is 2.32. The maximum atomic E-state index is 12.1. The van der Waals surface area contributed by atoms with Gasteiger partial charge in [0.05, 0.1) is 10.5 Å². The minimum atomic E-state index is -4.73. The molecule has 0 aromatic heterocycles. The van der Waals surface area contributed by atoms with E-state index >= 15 is 0 Å². The molecule has 1 saturated carbocycles. The molecule has 1 fully saturated rings. The van der Waals surface area contributed by atoms with Gasteiger partial charge < -0.3 is 10.1 Å². The molecule has 0 atom stereocenters. The highest BCUT2D eigenvalue weighted by Crippen LogP contribution is 2.32. The lowest BCUT2D eigenvalue weighted by Gasteiger charge is -2.13. The third-order valence-corrected chi connectivity index (χ3v) is 3.04. The summed E-state index contributed by atoms with van der Waals surface area (Å²) in [6.45, 7) is 0. The fourth-order valence-electron chi connectivity index (χ4n) is 1.41. The highest BCUT2D eigenvalue weighted by atomic mass is 79.9. The molecule has 0 amide bonds. The summed E-state index contributed by atoms with van der Waals surface area (Å²) in [5.41, 5.74) is 2.94. The monoisotopic (exact) mass is 352 g/mol. The second-order valence-corrected chi connectivity index (χ2v) is 5.03. The molecule has 4 N–H and O–H groups in total. The summed E-state index contributed by atoms with van der Waals surface area (Å²) in [6.07, 6.45) is -2.71. The number of nitrogens with one attached hydrogen (secondary N) is 2. The van der Waals surface area contributed by atoms with Crippen molar-refractivity contribution in [2.75, 3.05) is 5.32 Å². The average molecular weight is 353 g/mol. The minimum Gasteiger partial charge on any atom is -0.405 e. The largest absolute Gasteiger partial charge is 0.573 e. The van der Waals surface area contributed by atoms with Gasteiger partial charge in [-0.2, -0.15) is 0 Å². The Morgan fingerprint density at radius 2 is 2.10 bits per heavy atom. The maximum absolute atomic E-state index is 12.1. The molecule has 1 aromatic rings. The van der Waals surface area contributed by atoms with Crippen LogP contribution in [0, 0.1) is 0 Å². The fraction of sp³-hybridized carbons (Fsp3) is 0.364. The van der Waals surface area contributed by atoms with Crippen LogP contribution in [0.5, 0.6) is 5.75 Å². The lowest BCUT2D eigenvalue weighted by molar-refractivity contribution is -0.274. The minimum absolute atomic E-state index is 0.169. The topological polar surface area (TPSA) is 71.7 Å². The summed E-state index contributed by atoms with van der Waals surface area (Å²) < 4.78 is 40.4. The summed E-state index contributed by atoms with van der Waals surface area (Å²) in [5.74, 6) is 5.37. The Balaban J connectivity index is 2.08. The SMILES string of the molecule is NNC(=NC1CC1)Nc1ccc(OC(F)(F)F)c(Br)c1. The van der Waals surface area contributed by atoms with Crippen LogP contribution in [0.3, 0.4) is 0 Å². The second-order valence-electron chi connectivity index (χ2n) is 4.17. The van der Waals surface area contributed by atoms with E-state index in [2.05, 4.69) is 36.4 Å². The number of hydrazine groups is 1. The van der Waals surface area contributed by atoms with Crippen LogP contribution in [0.4, 0.5) is 18.9 Å². The van der Waals surface area contributed by atoms with Crippen LogP contribution >= 0.6 is 15.9 Å². The number of ether oxygens (including phenoxy) is 1. The third-order valence-electron chi connectivity index (χ3n) is 2.42. The molecular formula is C11H12BrF3N4O. The smallest absolute Gasteiger partial charge is 0.405 e. The van der Waals surface area contributed by atoms with E-state index in [-0.39, 0.29) is 16.3 Å². The van der Waals surface area contributed by atoms with E-state index in [1.54, 1.807) is 0 Å². The summed E-state index contributed by atoms with van der Waals surface area (Å²) in [4.78, 5) is 4.26. The molecule has 9 heteroatoms. The van der Waals surface area contributed by atoms with E-state index in [0.29, 0.717) is 11.6 Å². The third kappa shape index (κ3) is 4.57. The Labute approximate surface area is 121 Å². The lowest BCUT2D eigenvalue weighted by atomic mass is 10.3. The number of alkyl halides is 3. The Hall–Kier alpha value is -1.48.